The number of carbonyl (C=O) groups excluding carboxylic acids is 2. The van der Waals surface area contributed by atoms with Crippen molar-refractivity contribution in [3.05, 3.63) is 120 Å². The number of Topliss-reactive ketones (excluding diaryl/α,β-unsaturated/α-hetero) is 1. The molecule has 42 heavy (non-hydrogen) atoms. The first-order valence-electron chi connectivity index (χ1n) is 14.7. The third kappa shape index (κ3) is 8.30. The van der Waals surface area contributed by atoms with Gasteiger partial charge in [-0.15, -0.1) is 0 Å². The van der Waals surface area contributed by atoms with Crippen molar-refractivity contribution in [2.75, 3.05) is 32.1 Å². The minimum Gasteiger partial charge on any atom is -0.497 e. The van der Waals surface area contributed by atoms with Gasteiger partial charge in [0.1, 0.15) is 17.2 Å². The van der Waals surface area contributed by atoms with Gasteiger partial charge in [0.25, 0.3) is 0 Å². The van der Waals surface area contributed by atoms with Crippen molar-refractivity contribution < 1.29 is 19.1 Å². The maximum absolute atomic E-state index is 12.7. The fourth-order valence-electron chi connectivity index (χ4n) is 5.47. The third-order valence-corrected chi connectivity index (χ3v) is 7.76. The van der Waals surface area contributed by atoms with Crippen molar-refractivity contribution in [3.8, 4) is 17.2 Å². The number of ether oxygens (including phenoxy) is 2. The number of benzene rings is 4. The first-order valence-corrected chi connectivity index (χ1v) is 14.7. The van der Waals surface area contributed by atoms with E-state index < -0.39 is 0 Å². The van der Waals surface area contributed by atoms with E-state index in [2.05, 4.69) is 22.3 Å². The third-order valence-electron chi connectivity index (χ3n) is 7.76. The second-order valence-electron chi connectivity index (χ2n) is 10.8. The van der Waals surface area contributed by atoms with Crippen LogP contribution in [0.1, 0.15) is 53.1 Å². The molecule has 0 aliphatic carbocycles. The minimum atomic E-state index is -0.0405. The summed E-state index contributed by atoms with van der Waals surface area (Å²) in [5.41, 5.74) is 3.75. The van der Waals surface area contributed by atoms with Crippen LogP contribution in [0.5, 0.6) is 17.2 Å². The smallest absolute Gasteiger partial charge is 0.228 e. The Bertz CT molecular complexity index is 1460. The Morgan fingerprint density at radius 2 is 1.52 bits per heavy atom. The molecule has 1 fully saturated rings. The lowest BCUT2D eigenvalue weighted by atomic mass is 9.89. The molecule has 0 atom stereocenters. The number of methoxy groups -OCH3 is 1. The molecule has 0 radical (unpaired) electrons. The number of anilines is 1. The number of nitrogens with zero attached hydrogens (tertiary/aromatic N) is 1. The van der Waals surface area contributed by atoms with E-state index in [1.807, 2.05) is 91.0 Å². The van der Waals surface area contributed by atoms with Gasteiger partial charge in [-0.25, -0.2) is 0 Å². The maximum atomic E-state index is 12.7. The first-order chi connectivity index (χ1) is 20.6. The average molecular weight is 563 g/mol. The number of nitrogens with one attached hydrogen (secondary N) is 1. The predicted octanol–water partition coefficient (Wildman–Crippen LogP) is 7.51. The Balaban J connectivity index is 1.03. The molecule has 1 aliphatic heterocycles. The molecular weight excluding hydrogens is 524 g/mol. The number of hydrogen-bond donors (Lipinski definition) is 1. The van der Waals surface area contributed by atoms with Crippen molar-refractivity contribution in [3.63, 3.8) is 0 Å². The highest BCUT2D eigenvalue weighted by atomic mass is 16.5. The van der Waals surface area contributed by atoms with Gasteiger partial charge in [-0.05, 0) is 117 Å². The quantitative estimate of drug-likeness (QED) is 0.181. The molecule has 1 N–H and O–H groups in total. The van der Waals surface area contributed by atoms with Gasteiger partial charge in [0.2, 0.25) is 5.91 Å². The topological polar surface area (TPSA) is 67.9 Å². The molecule has 1 saturated heterocycles. The summed E-state index contributed by atoms with van der Waals surface area (Å²) in [6.07, 6.45) is 3.82. The number of rotatable bonds is 12. The zero-order chi connectivity index (χ0) is 29.1. The van der Waals surface area contributed by atoms with Crippen LogP contribution in [0.3, 0.4) is 0 Å². The molecule has 5 rings (SSSR count). The summed E-state index contributed by atoms with van der Waals surface area (Å²) < 4.78 is 11.1. The van der Waals surface area contributed by atoms with E-state index in [4.69, 9.17) is 9.47 Å². The molecule has 0 spiro atoms. The highest BCUT2D eigenvalue weighted by molar-refractivity contribution is 5.96. The minimum absolute atomic E-state index is 0.0405. The molecule has 1 heterocycles. The van der Waals surface area contributed by atoms with Crippen LogP contribution in [-0.4, -0.2) is 43.3 Å². The highest BCUT2D eigenvalue weighted by Crippen LogP contribution is 2.30. The standard InChI is InChI=1S/C36H38N2O4/c1-41-34-13-5-8-27(24-34)25-36(40)37-31-10-6-9-30(26-31)28-19-22-38(23-20-28)21-7-14-35(39)29-15-17-33(18-16-29)42-32-11-3-2-4-12-32/h2-6,8-13,15-18,24,26,28H,7,14,19-23,25H2,1H3,(H,37,40). The summed E-state index contributed by atoms with van der Waals surface area (Å²) in [5.74, 6) is 2.85. The Morgan fingerprint density at radius 1 is 0.810 bits per heavy atom. The van der Waals surface area contributed by atoms with Gasteiger partial charge in [0, 0.05) is 17.7 Å². The van der Waals surface area contributed by atoms with Gasteiger partial charge in [-0.3, -0.25) is 9.59 Å². The summed E-state index contributed by atoms with van der Waals surface area (Å²) in [5, 5.41) is 3.05. The number of piperidine rings is 1. The van der Waals surface area contributed by atoms with E-state index >= 15 is 0 Å². The van der Waals surface area contributed by atoms with Crippen LogP contribution in [0.15, 0.2) is 103 Å². The van der Waals surface area contributed by atoms with Gasteiger partial charge in [0.15, 0.2) is 5.78 Å². The number of ketones is 1. The fourth-order valence-corrected chi connectivity index (χ4v) is 5.47. The van der Waals surface area contributed by atoms with Gasteiger partial charge >= 0.3 is 0 Å². The van der Waals surface area contributed by atoms with Gasteiger partial charge in [0.05, 0.1) is 13.5 Å². The molecule has 216 valence electrons. The first kappa shape index (κ1) is 29.1. The molecule has 0 unspecified atom stereocenters. The molecule has 1 aliphatic rings. The average Bonchev–Trinajstić information content (AvgIpc) is 3.02. The monoisotopic (exact) mass is 562 g/mol. The molecule has 0 saturated carbocycles. The number of likely N-dealkylation sites (tertiary alicyclic amines) is 1. The summed E-state index contributed by atoms with van der Waals surface area (Å²) in [6, 6.07) is 32.9. The van der Waals surface area contributed by atoms with E-state index in [1.54, 1.807) is 7.11 Å². The fraction of sp³-hybridized carbons (Fsp3) is 0.278. The largest absolute Gasteiger partial charge is 0.497 e. The van der Waals surface area contributed by atoms with Crippen molar-refractivity contribution in [2.45, 2.75) is 38.0 Å². The second kappa shape index (κ2) is 14.5. The second-order valence-corrected chi connectivity index (χ2v) is 10.8. The Labute approximate surface area is 248 Å². The van der Waals surface area contributed by atoms with E-state index in [-0.39, 0.29) is 11.7 Å². The molecule has 6 nitrogen and oxygen atoms in total. The molecule has 0 aromatic heterocycles. The lowest BCUT2D eigenvalue weighted by Gasteiger charge is -2.32. The van der Waals surface area contributed by atoms with Crippen molar-refractivity contribution in [1.82, 2.24) is 4.90 Å². The van der Waals surface area contributed by atoms with Gasteiger partial charge < -0.3 is 19.7 Å². The van der Waals surface area contributed by atoms with Crippen LogP contribution < -0.4 is 14.8 Å². The van der Waals surface area contributed by atoms with Crippen molar-refractivity contribution >= 4 is 17.4 Å². The van der Waals surface area contributed by atoms with E-state index in [1.165, 1.54) is 5.56 Å². The van der Waals surface area contributed by atoms with Gasteiger partial charge in [-0.1, -0.05) is 42.5 Å². The normalized spacial score (nSPS) is 13.8. The summed E-state index contributed by atoms with van der Waals surface area (Å²) in [4.78, 5) is 27.8. The number of para-hydroxylation sites is 1. The van der Waals surface area contributed by atoms with Crippen LogP contribution in [0.25, 0.3) is 0 Å². The summed E-state index contributed by atoms with van der Waals surface area (Å²) in [7, 11) is 1.63. The highest BCUT2D eigenvalue weighted by Gasteiger charge is 2.21. The molecule has 6 heteroatoms. The molecule has 1 amide bonds. The number of carbonyl (C=O) groups is 2. The van der Waals surface area contributed by atoms with Gasteiger partial charge in [-0.2, -0.15) is 0 Å². The van der Waals surface area contributed by atoms with Crippen LogP contribution in [0, 0.1) is 0 Å². The van der Waals surface area contributed by atoms with Crippen molar-refractivity contribution in [2.24, 2.45) is 0 Å². The molecule has 4 aromatic carbocycles. The Kier molecular flexibility index (Phi) is 10.0. The van der Waals surface area contributed by atoms with Crippen LogP contribution in [0.4, 0.5) is 5.69 Å². The van der Waals surface area contributed by atoms with Crippen LogP contribution in [-0.2, 0) is 11.2 Å². The summed E-state index contributed by atoms with van der Waals surface area (Å²) in [6.45, 7) is 2.95. The lowest BCUT2D eigenvalue weighted by molar-refractivity contribution is -0.115. The predicted molar refractivity (Wildman–Crippen MR) is 167 cm³/mol. The number of hydrogen-bond acceptors (Lipinski definition) is 5. The van der Waals surface area contributed by atoms with Crippen LogP contribution >= 0.6 is 0 Å². The Hall–Kier alpha value is -4.42. The zero-order valence-corrected chi connectivity index (χ0v) is 24.1. The van der Waals surface area contributed by atoms with Crippen LogP contribution in [0.2, 0.25) is 0 Å². The van der Waals surface area contributed by atoms with Crippen molar-refractivity contribution in [1.29, 1.82) is 0 Å². The molecule has 4 aromatic rings. The number of amides is 1. The SMILES string of the molecule is COc1cccc(CC(=O)Nc2cccc(C3CCN(CCCC(=O)c4ccc(Oc5ccccc5)cc4)CC3)c2)c1. The maximum Gasteiger partial charge on any atom is 0.228 e. The molecular formula is C36H38N2O4. The van der Waals surface area contributed by atoms with E-state index in [0.29, 0.717) is 18.8 Å². The van der Waals surface area contributed by atoms with E-state index in [0.717, 1.165) is 73.0 Å². The zero-order valence-electron chi connectivity index (χ0n) is 24.1. The Morgan fingerprint density at radius 3 is 2.29 bits per heavy atom. The summed E-state index contributed by atoms with van der Waals surface area (Å²) >= 11 is 0. The molecule has 0 bridgehead atoms. The van der Waals surface area contributed by atoms with E-state index in [9.17, 15) is 9.59 Å². The lowest BCUT2D eigenvalue weighted by Crippen LogP contribution is -2.33.